The van der Waals surface area contributed by atoms with Gasteiger partial charge in [-0.05, 0) is 27.6 Å². The summed E-state index contributed by atoms with van der Waals surface area (Å²) in [6.45, 7) is 0. The summed E-state index contributed by atoms with van der Waals surface area (Å²) in [5, 5.41) is 0. The number of carbonyl (C=O) groups excluding carboxylic acids is 1. The molecule has 0 heterocycles. The molecule has 0 saturated heterocycles. The van der Waals surface area contributed by atoms with Crippen molar-refractivity contribution < 1.29 is 13.9 Å². The number of benzene rings is 1. The third kappa shape index (κ3) is 3.18. The van der Waals surface area contributed by atoms with Crippen LogP contribution in [0.5, 0.6) is 0 Å². The number of ether oxygens (including phenoxy) is 1. The Labute approximate surface area is 101 Å². The molecule has 1 aromatic rings. The van der Waals surface area contributed by atoms with Gasteiger partial charge in [-0.3, -0.25) is 4.79 Å². The number of alkyl halides is 1. The Bertz CT molecular complexity index is 382. The zero-order valence-corrected chi connectivity index (χ0v) is 10.4. The first-order valence-electron chi connectivity index (χ1n) is 4.18. The standard InChI is InChI=1S/C10H9BrClFO2/c1-15-9(14)4-7-2-6(5-12)3-8(11)10(7)13/h2-3H,4-5H2,1H3. The summed E-state index contributed by atoms with van der Waals surface area (Å²) < 4.78 is 18.3. The highest BCUT2D eigenvalue weighted by Gasteiger charge is 2.12. The fourth-order valence-corrected chi connectivity index (χ4v) is 1.84. The Hall–Kier alpha value is -0.610. The van der Waals surface area contributed by atoms with Gasteiger partial charge in [-0.1, -0.05) is 6.07 Å². The van der Waals surface area contributed by atoms with Crippen molar-refractivity contribution in [1.29, 1.82) is 0 Å². The van der Waals surface area contributed by atoms with Crippen molar-refractivity contribution in [2.45, 2.75) is 12.3 Å². The molecule has 0 aliphatic rings. The fraction of sp³-hybridized carbons (Fsp3) is 0.300. The van der Waals surface area contributed by atoms with Crippen LogP contribution < -0.4 is 0 Å². The molecule has 0 amide bonds. The van der Waals surface area contributed by atoms with Crippen LogP contribution in [0.15, 0.2) is 16.6 Å². The van der Waals surface area contributed by atoms with E-state index in [0.29, 0.717) is 4.47 Å². The maximum Gasteiger partial charge on any atom is 0.310 e. The first-order chi connectivity index (χ1) is 7.08. The average Bonchev–Trinajstić information content (AvgIpc) is 2.24. The molecule has 0 N–H and O–H groups in total. The van der Waals surface area contributed by atoms with Crippen LogP contribution in [-0.4, -0.2) is 13.1 Å². The number of methoxy groups -OCH3 is 1. The summed E-state index contributed by atoms with van der Waals surface area (Å²) in [5.41, 5.74) is 1.04. The molecule has 0 spiro atoms. The minimum Gasteiger partial charge on any atom is -0.469 e. The zero-order valence-electron chi connectivity index (χ0n) is 8.02. The molecule has 15 heavy (non-hydrogen) atoms. The fourth-order valence-electron chi connectivity index (χ4n) is 1.14. The summed E-state index contributed by atoms with van der Waals surface area (Å²) in [6, 6.07) is 3.15. The number of esters is 1. The second-order valence-corrected chi connectivity index (χ2v) is 4.06. The average molecular weight is 296 g/mol. The van der Waals surface area contributed by atoms with Crippen molar-refractivity contribution >= 4 is 33.5 Å². The van der Waals surface area contributed by atoms with Crippen molar-refractivity contribution in [3.05, 3.63) is 33.5 Å². The zero-order chi connectivity index (χ0) is 11.4. The van der Waals surface area contributed by atoms with E-state index < -0.39 is 11.8 Å². The lowest BCUT2D eigenvalue weighted by Crippen LogP contribution is -2.07. The third-order valence-corrected chi connectivity index (χ3v) is 2.77. The monoisotopic (exact) mass is 294 g/mol. The van der Waals surface area contributed by atoms with Crippen molar-refractivity contribution in [2.24, 2.45) is 0 Å². The molecular formula is C10H9BrClFO2. The first kappa shape index (κ1) is 12.5. The van der Waals surface area contributed by atoms with E-state index in [9.17, 15) is 9.18 Å². The van der Waals surface area contributed by atoms with E-state index >= 15 is 0 Å². The van der Waals surface area contributed by atoms with Crippen LogP contribution in [-0.2, 0) is 21.8 Å². The molecular weight excluding hydrogens is 286 g/mol. The molecule has 0 aliphatic heterocycles. The van der Waals surface area contributed by atoms with Crippen molar-refractivity contribution in [2.75, 3.05) is 7.11 Å². The van der Waals surface area contributed by atoms with E-state index in [2.05, 4.69) is 20.7 Å². The number of halogens is 3. The topological polar surface area (TPSA) is 26.3 Å². The quantitative estimate of drug-likeness (QED) is 0.633. The van der Waals surface area contributed by atoms with Crippen LogP contribution in [0.1, 0.15) is 11.1 Å². The molecule has 82 valence electrons. The van der Waals surface area contributed by atoms with Gasteiger partial charge in [-0.25, -0.2) is 4.39 Å². The molecule has 0 aliphatic carbocycles. The van der Waals surface area contributed by atoms with E-state index in [0.717, 1.165) is 5.56 Å². The Morgan fingerprint density at radius 3 is 2.80 bits per heavy atom. The van der Waals surface area contributed by atoms with Gasteiger partial charge < -0.3 is 4.74 Å². The van der Waals surface area contributed by atoms with E-state index in [1.165, 1.54) is 7.11 Å². The highest BCUT2D eigenvalue weighted by atomic mass is 79.9. The molecule has 0 aromatic heterocycles. The second kappa shape index (κ2) is 5.47. The number of rotatable bonds is 3. The third-order valence-electron chi connectivity index (χ3n) is 1.88. The normalized spacial score (nSPS) is 10.1. The Kier molecular flexibility index (Phi) is 4.54. The molecule has 2 nitrogen and oxygen atoms in total. The van der Waals surface area contributed by atoms with Gasteiger partial charge in [0.2, 0.25) is 0 Å². The first-order valence-corrected chi connectivity index (χ1v) is 5.50. The summed E-state index contributed by atoms with van der Waals surface area (Å²) in [5.74, 6) is -0.658. The second-order valence-electron chi connectivity index (χ2n) is 2.94. The van der Waals surface area contributed by atoms with E-state index in [4.69, 9.17) is 11.6 Å². The van der Waals surface area contributed by atoms with Gasteiger partial charge >= 0.3 is 5.97 Å². The van der Waals surface area contributed by atoms with Crippen LogP contribution in [0.4, 0.5) is 4.39 Å². The van der Waals surface area contributed by atoms with Gasteiger partial charge in [0, 0.05) is 11.4 Å². The van der Waals surface area contributed by atoms with E-state index in [1.54, 1.807) is 12.1 Å². The molecule has 0 atom stereocenters. The summed E-state index contributed by atoms with van der Waals surface area (Å²) in [4.78, 5) is 11.0. The Balaban J connectivity index is 3.05. The lowest BCUT2D eigenvalue weighted by molar-refractivity contribution is -0.139. The smallest absolute Gasteiger partial charge is 0.310 e. The number of hydrogen-bond acceptors (Lipinski definition) is 2. The molecule has 0 unspecified atom stereocenters. The number of carbonyl (C=O) groups is 1. The molecule has 0 saturated carbocycles. The maximum absolute atomic E-state index is 13.5. The molecule has 1 aromatic carbocycles. The van der Waals surface area contributed by atoms with Crippen LogP contribution >= 0.6 is 27.5 Å². The van der Waals surface area contributed by atoms with Gasteiger partial charge in [-0.15, -0.1) is 11.6 Å². The summed E-state index contributed by atoms with van der Waals surface area (Å²) in [6.07, 6.45) is -0.0916. The van der Waals surface area contributed by atoms with Gasteiger partial charge in [0.05, 0.1) is 18.0 Å². The van der Waals surface area contributed by atoms with Gasteiger partial charge in [0.25, 0.3) is 0 Å². The van der Waals surface area contributed by atoms with Crippen LogP contribution in [0.2, 0.25) is 0 Å². The van der Waals surface area contributed by atoms with Gasteiger partial charge in [-0.2, -0.15) is 0 Å². The highest BCUT2D eigenvalue weighted by Crippen LogP contribution is 2.23. The van der Waals surface area contributed by atoms with Crippen LogP contribution in [0.25, 0.3) is 0 Å². The predicted octanol–water partition coefficient (Wildman–Crippen LogP) is 3.04. The van der Waals surface area contributed by atoms with Gasteiger partial charge in [0.1, 0.15) is 5.82 Å². The van der Waals surface area contributed by atoms with Crippen LogP contribution in [0.3, 0.4) is 0 Å². The largest absolute Gasteiger partial charge is 0.469 e. The predicted molar refractivity (Wildman–Crippen MR) is 59.4 cm³/mol. The van der Waals surface area contributed by atoms with Crippen molar-refractivity contribution in [1.82, 2.24) is 0 Å². The van der Waals surface area contributed by atoms with Gasteiger partial charge in [0.15, 0.2) is 0 Å². The highest BCUT2D eigenvalue weighted by molar-refractivity contribution is 9.10. The van der Waals surface area contributed by atoms with E-state index in [1.807, 2.05) is 0 Å². The van der Waals surface area contributed by atoms with Crippen molar-refractivity contribution in [3.63, 3.8) is 0 Å². The number of hydrogen-bond donors (Lipinski definition) is 0. The molecule has 1 rings (SSSR count). The Morgan fingerprint density at radius 2 is 2.27 bits per heavy atom. The van der Waals surface area contributed by atoms with Crippen molar-refractivity contribution in [3.8, 4) is 0 Å². The minimum atomic E-state index is -0.479. The van der Waals surface area contributed by atoms with E-state index in [-0.39, 0.29) is 17.9 Å². The molecule has 0 fully saturated rings. The molecule has 5 heteroatoms. The molecule has 0 radical (unpaired) electrons. The summed E-state index contributed by atoms with van der Waals surface area (Å²) in [7, 11) is 1.26. The lowest BCUT2D eigenvalue weighted by Gasteiger charge is -2.06. The molecule has 0 bridgehead atoms. The lowest BCUT2D eigenvalue weighted by atomic mass is 10.1. The maximum atomic E-state index is 13.5. The SMILES string of the molecule is COC(=O)Cc1cc(CCl)cc(Br)c1F. The Morgan fingerprint density at radius 1 is 1.60 bits per heavy atom. The van der Waals surface area contributed by atoms with Crippen LogP contribution in [0, 0.1) is 5.82 Å². The minimum absolute atomic E-state index is 0.0916. The summed E-state index contributed by atoms with van der Waals surface area (Å²) >= 11 is 8.70.